The van der Waals surface area contributed by atoms with Crippen LogP contribution < -0.4 is 4.90 Å². The highest BCUT2D eigenvalue weighted by Crippen LogP contribution is 2.32. The Morgan fingerprint density at radius 3 is 2.23 bits per heavy atom. The van der Waals surface area contributed by atoms with E-state index < -0.39 is 12.1 Å². The predicted octanol–water partition coefficient (Wildman–Crippen LogP) is 6.36. The first-order chi connectivity index (χ1) is 19.0. The van der Waals surface area contributed by atoms with Crippen LogP contribution in [0.5, 0.6) is 0 Å². The number of rotatable bonds is 5. The van der Waals surface area contributed by atoms with Gasteiger partial charge in [0.15, 0.2) is 0 Å². The average Bonchev–Trinajstić information content (AvgIpc) is 3.17. The molecule has 5 rings (SSSR count). The summed E-state index contributed by atoms with van der Waals surface area (Å²) in [7, 11) is 0. The van der Waals surface area contributed by atoms with Gasteiger partial charge >= 0.3 is 12.1 Å². The molecule has 0 amide bonds. The second-order valence-corrected chi connectivity index (χ2v) is 10.2. The van der Waals surface area contributed by atoms with Crippen LogP contribution in [0.4, 0.5) is 19.0 Å². The Bertz CT molecular complexity index is 1490. The minimum absolute atomic E-state index is 0.613. The number of halogens is 5. The smallest absolute Gasteiger partial charge is 0.475 e. The zero-order chi connectivity index (χ0) is 29.0. The molecular weight excluding hydrogens is 566 g/mol. The van der Waals surface area contributed by atoms with Gasteiger partial charge in [-0.15, -0.1) is 0 Å². The number of anilines is 1. The van der Waals surface area contributed by atoms with Crippen molar-refractivity contribution in [2.24, 2.45) is 0 Å². The van der Waals surface area contributed by atoms with Crippen molar-refractivity contribution in [3.05, 3.63) is 87.3 Å². The second kappa shape index (κ2) is 12.4. The van der Waals surface area contributed by atoms with E-state index in [0.717, 1.165) is 61.7 Å². The van der Waals surface area contributed by atoms with Crippen LogP contribution in [0.1, 0.15) is 22.4 Å². The first kappa shape index (κ1) is 29.6. The topological polar surface area (TPSA) is 74.5 Å². The van der Waals surface area contributed by atoms with Gasteiger partial charge in [0.1, 0.15) is 17.8 Å². The second-order valence-electron chi connectivity index (χ2n) is 9.46. The molecule has 2 aromatic carbocycles. The molecule has 0 aliphatic carbocycles. The van der Waals surface area contributed by atoms with Gasteiger partial charge in [-0.1, -0.05) is 65.7 Å². The van der Waals surface area contributed by atoms with Crippen molar-refractivity contribution < 1.29 is 23.1 Å². The molecule has 212 valence electrons. The van der Waals surface area contributed by atoms with E-state index in [1.165, 1.54) is 16.8 Å². The Hall–Kier alpha value is -3.34. The number of alkyl halides is 3. The molecule has 4 aromatic rings. The third kappa shape index (κ3) is 6.68. The van der Waals surface area contributed by atoms with Gasteiger partial charge in [-0.2, -0.15) is 13.2 Å². The quantitative estimate of drug-likeness (QED) is 0.290. The summed E-state index contributed by atoms with van der Waals surface area (Å²) in [6.45, 7) is 9.67. The van der Waals surface area contributed by atoms with Crippen molar-refractivity contribution in [1.29, 1.82) is 0 Å². The number of fused-ring (bicyclic) bond motifs is 1. The number of carbonyl (C=O) groups is 1. The number of hydrogen-bond donors (Lipinski definition) is 1. The number of aryl methyl sites for hydroxylation is 1. The van der Waals surface area contributed by atoms with Gasteiger partial charge in [-0.3, -0.25) is 4.90 Å². The maximum Gasteiger partial charge on any atom is 0.490 e. The minimum Gasteiger partial charge on any atom is -0.475 e. The Kier molecular flexibility index (Phi) is 9.22. The fourth-order valence-electron chi connectivity index (χ4n) is 4.68. The molecule has 40 heavy (non-hydrogen) atoms. The number of aromatic nitrogens is 3. The van der Waals surface area contributed by atoms with Crippen LogP contribution in [-0.4, -0.2) is 62.9 Å². The molecule has 0 saturated carbocycles. The SMILES string of the molecule is Cc1c(C)n(Cc2ccccc2)c2ncnc(N3CCN(Cc4cccc(Cl)c4Cl)CC3)c12.O=C(O)C(F)(F)F. The molecule has 0 bridgehead atoms. The lowest BCUT2D eigenvalue weighted by Gasteiger charge is -2.35. The van der Waals surface area contributed by atoms with E-state index >= 15 is 0 Å². The molecule has 2 aromatic heterocycles. The van der Waals surface area contributed by atoms with Crippen LogP contribution >= 0.6 is 23.2 Å². The van der Waals surface area contributed by atoms with Crippen LogP contribution in [0.3, 0.4) is 0 Å². The lowest BCUT2D eigenvalue weighted by molar-refractivity contribution is -0.192. The molecule has 0 atom stereocenters. The summed E-state index contributed by atoms with van der Waals surface area (Å²) in [5.74, 6) is -1.72. The number of aliphatic carboxylic acids is 1. The predicted molar refractivity (Wildman–Crippen MR) is 150 cm³/mol. The number of nitrogens with zero attached hydrogens (tertiary/aromatic N) is 5. The fraction of sp³-hybridized carbons (Fsp3) is 0.321. The number of hydrogen-bond acceptors (Lipinski definition) is 5. The summed E-state index contributed by atoms with van der Waals surface area (Å²) in [5.41, 5.74) is 5.85. The summed E-state index contributed by atoms with van der Waals surface area (Å²) in [4.78, 5) is 23.1. The molecule has 1 fully saturated rings. The van der Waals surface area contributed by atoms with Crippen molar-refractivity contribution in [3.8, 4) is 0 Å². The molecule has 7 nitrogen and oxygen atoms in total. The summed E-state index contributed by atoms with van der Waals surface area (Å²) < 4.78 is 34.0. The van der Waals surface area contributed by atoms with E-state index in [0.29, 0.717) is 10.0 Å². The number of benzene rings is 2. The van der Waals surface area contributed by atoms with Gasteiger partial charge in [-0.25, -0.2) is 14.8 Å². The Morgan fingerprint density at radius 2 is 1.60 bits per heavy atom. The Morgan fingerprint density at radius 1 is 0.950 bits per heavy atom. The van der Waals surface area contributed by atoms with Gasteiger partial charge in [-0.05, 0) is 36.6 Å². The van der Waals surface area contributed by atoms with Crippen molar-refractivity contribution in [3.63, 3.8) is 0 Å². The highest BCUT2D eigenvalue weighted by atomic mass is 35.5. The molecule has 0 radical (unpaired) electrons. The zero-order valence-corrected chi connectivity index (χ0v) is 23.4. The van der Waals surface area contributed by atoms with Crippen LogP contribution in [-0.2, 0) is 17.9 Å². The van der Waals surface area contributed by atoms with Crippen LogP contribution in [0.2, 0.25) is 10.0 Å². The highest BCUT2D eigenvalue weighted by molar-refractivity contribution is 6.42. The summed E-state index contributed by atoms with van der Waals surface area (Å²) in [6, 6.07) is 16.4. The number of carboxylic acids is 1. The molecule has 12 heteroatoms. The van der Waals surface area contributed by atoms with E-state index in [9.17, 15) is 13.2 Å². The molecule has 0 spiro atoms. The summed E-state index contributed by atoms with van der Waals surface area (Å²) in [5, 5.41) is 9.56. The number of piperazine rings is 1. The van der Waals surface area contributed by atoms with Gasteiger partial charge in [0.05, 0.1) is 15.4 Å². The van der Waals surface area contributed by atoms with Crippen LogP contribution in [0.15, 0.2) is 54.9 Å². The molecular formula is C28H28Cl2F3N5O2. The Labute approximate surface area is 239 Å². The van der Waals surface area contributed by atoms with E-state index in [2.05, 4.69) is 64.6 Å². The summed E-state index contributed by atoms with van der Waals surface area (Å²) >= 11 is 12.6. The van der Waals surface area contributed by atoms with Gasteiger partial charge in [0.25, 0.3) is 0 Å². The van der Waals surface area contributed by atoms with Gasteiger partial charge < -0.3 is 14.6 Å². The van der Waals surface area contributed by atoms with Crippen LogP contribution in [0, 0.1) is 13.8 Å². The molecule has 0 unspecified atom stereocenters. The van der Waals surface area contributed by atoms with Crippen molar-refractivity contribution >= 4 is 46.0 Å². The number of carboxylic acid groups (broad SMARTS) is 1. The van der Waals surface area contributed by atoms with E-state index in [-0.39, 0.29) is 0 Å². The highest BCUT2D eigenvalue weighted by Gasteiger charge is 2.38. The molecule has 3 heterocycles. The van der Waals surface area contributed by atoms with E-state index in [1.807, 2.05) is 12.1 Å². The lowest BCUT2D eigenvalue weighted by Crippen LogP contribution is -2.46. The van der Waals surface area contributed by atoms with Gasteiger partial charge in [0, 0.05) is 45.0 Å². The average molecular weight is 594 g/mol. The molecule has 1 aliphatic rings. The third-order valence-corrected chi connectivity index (χ3v) is 7.77. The fourth-order valence-corrected chi connectivity index (χ4v) is 5.06. The molecule has 1 saturated heterocycles. The maximum atomic E-state index is 10.6. The third-order valence-electron chi connectivity index (χ3n) is 6.91. The van der Waals surface area contributed by atoms with Crippen LogP contribution in [0.25, 0.3) is 11.0 Å². The Balaban J connectivity index is 0.000000470. The lowest BCUT2D eigenvalue weighted by atomic mass is 10.1. The van der Waals surface area contributed by atoms with Gasteiger partial charge in [0.2, 0.25) is 0 Å². The minimum atomic E-state index is -5.08. The first-order valence-corrected chi connectivity index (χ1v) is 13.3. The largest absolute Gasteiger partial charge is 0.490 e. The standard InChI is InChI=1S/C26H27Cl2N5.C2HF3O2/c1-18-19(2)33(15-20-7-4-3-5-8-20)26-23(18)25(29-17-30-26)32-13-11-31(12-14-32)16-21-9-6-10-22(27)24(21)28;3-2(4,5)1(6)7/h3-10,17H,11-16H2,1-2H3;(H,6,7). The molecule has 1 N–H and O–H groups in total. The monoisotopic (exact) mass is 593 g/mol. The van der Waals surface area contributed by atoms with Crippen molar-refractivity contribution in [1.82, 2.24) is 19.4 Å². The first-order valence-electron chi connectivity index (χ1n) is 12.5. The van der Waals surface area contributed by atoms with Crippen molar-refractivity contribution in [2.75, 3.05) is 31.1 Å². The van der Waals surface area contributed by atoms with E-state index in [1.54, 1.807) is 6.33 Å². The van der Waals surface area contributed by atoms with E-state index in [4.69, 9.17) is 43.1 Å². The molecule has 1 aliphatic heterocycles. The normalized spacial score (nSPS) is 14.2. The maximum absolute atomic E-state index is 10.6. The summed E-state index contributed by atoms with van der Waals surface area (Å²) in [6.07, 6.45) is -3.38. The van der Waals surface area contributed by atoms with Crippen molar-refractivity contribution in [2.45, 2.75) is 33.1 Å². The zero-order valence-electron chi connectivity index (χ0n) is 21.9.